The van der Waals surface area contributed by atoms with Crippen molar-refractivity contribution in [3.05, 3.63) is 59.7 Å². The number of hydrogen-bond donors (Lipinski definition) is 0. The van der Waals surface area contributed by atoms with Crippen LogP contribution in [0.5, 0.6) is 0 Å². The zero-order valence-electron chi connectivity index (χ0n) is 14.3. The van der Waals surface area contributed by atoms with E-state index >= 15 is 0 Å². The minimum Gasteiger partial charge on any atom is -0.375 e. The van der Waals surface area contributed by atoms with Crippen LogP contribution in [0.2, 0.25) is 0 Å². The predicted molar refractivity (Wildman–Crippen MR) is 96.3 cm³/mol. The topological polar surface area (TPSA) is 27.7 Å². The van der Waals surface area contributed by atoms with Crippen LogP contribution >= 0.6 is 0 Å². The van der Waals surface area contributed by atoms with E-state index in [1.54, 1.807) is 21.3 Å². The SMILES string of the molecule is COC1CCc2ccc3c(ccc4ccccc43)c2C1(OC)OC. The lowest BCUT2D eigenvalue weighted by Crippen LogP contribution is -2.47. The second kappa shape index (κ2) is 5.85. The third kappa shape index (κ3) is 2.02. The largest absolute Gasteiger partial charge is 0.375 e. The molecule has 0 saturated carbocycles. The van der Waals surface area contributed by atoms with Gasteiger partial charge in [-0.05, 0) is 39.9 Å². The smallest absolute Gasteiger partial charge is 0.222 e. The van der Waals surface area contributed by atoms with E-state index in [9.17, 15) is 0 Å². The summed E-state index contributed by atoms with van der Waals surface area (Å²) in [6.07, 6.45) is 1.71. The second-order valence-corrected chi connectivity index (χ2v) is 6.32. The summed E-state index contributed by atoms with van der Waals surface area (Å²) >= 11 is 0. The highest BCUT2D eigenvalue weighted by atomic mass is 16.7. The van der Waals surface area contributed by atoms with Crippen LogP contribution in [0.15, 0.2) is 48.5 Å². The van der Waals surface area contributed by atoms with Gasteiger partial charge in [-0.25, -0.2) is 0 Å². The molecular formula is C21H22O3. The summed E-state index contributed by atoms with van der Waals surface area (Å²) in [5, 5.41) is 4.89. The van der Waals surface area contributed by atoms with Gasteiger partial charge < -0.3 is 14.2 Å². The number of benzene rings is 3. The molecule has 3 nitrogen and oxygen atoms in total. The zero-order valence-corrected chi connectivity index (χ0v) is 14.3. The average molecular weight is 322 g/mol. The normalized spacial score (nSPS) is 19.5. The highest BCUT2D eigenvalue weighted by Crippen LogP contribution is 2.45. The van der Waals surface area contributed by atoms with Crippen LogP contribution in [0.25, 0.3) is 21.5 Å². The number of aryl methyl sites for hydroxylation is 1. The summed E-state index contributed by atoms with van der Waals surface area (Å²) in [6.45, 7) is 0. The highest BCUT2D eigenvalue weighted by Gasteiger charge is 2.47. The molecular weight excluding hydrogens is 300 g/mol. The van der Waals surface area contributed by atoms with Gasteiger partial charge in [0.2, 0.25) is 5.79 Å². The molecule has 0 bridgehead atoms. The lowest BCUT2D eigenvalue weighted by Gasteiger charge is -2.42. The van der Waals surface area contributed by atoms with Gasteiger partial charge >= 0.3 is 0 Å². The van der Waals surface area contributed by atoms with Crippen LogP contribution in [0.3, 0.4) is 0 Å². The van der Waals surface area contributed by atoms with Crippen LogP contribution in [0.1, 0.15) is 17.5 Å². The molecule has 0 heterocycles. The maximum Gasteiger partial charge on any atom is 0.222 e. The molecule has 0 N–H and O–H groups in total. The summed E-state index contributed by atoms with van der Waals surface area (Å²) in [4.78, 5) is 0. The molecule has 4 rings (SSSR count). The molecule has 0 radical (unpaired) electrons. The van der Waals surface area contributed by atoms with Crippen LogP contribution in [0, 0.1) is 0 Å². The molecule has 1 aliphatic rings. The molecule has 0 saturated heterocycles. The number of hydrogen-bond acceptors (Lipinski definition) is 3. The van der Waals surface area contributed by atoms with Gasteiger partial charge in [-0.1, -0.05) is 48.5 Å². The first-order chi connectivity index (χ1) is 11.7. The molecule has 0 aromatic heterocycles. The third-order valence-electron chi connectivity index (χ3n) is 5.35. The van der Waals surface area contributed by atoms with Gasteiger partial charge in [0, 0.05) is 26.9 Å². The van der Waals surface area contributed by atoms with Crippen molar-refractivity contribution in [1.29, 1.82) is 0 Å². The Hall–Kier alpha value is -1.94. The maximum absolute atomic E-state index is 5.93. The Kier molecular flexibility index (Phi) is 3.80. The Morgan fingerprint density at radius 1 is 0.833 bits per heavy atom. The Labute approximate surface area is 142 Å². The van der Waals surface area contributed by atoms with Crippen LogP contribution < -0.4 is 0 Å². The number of fused-ring (bicyclic) bond motifs is 5. The number of methoxy groups -OCH3 is 3. The van der Waals surface area contributed by atoms with E-state index < -0.39 is 5.79 Å². The van der Waals surface area contributed by atoms with Crippen molar-refractivity contribution in [2.45, 2.75) is 24.7 Å². The van der Waals surface area contributed by atoms with E-state index in [2.05, 4.69) is 48.5 Å². The van der Waals surface area contributed by atoms with E-state index in [1.165, 1.54) is 27.1 Å². The monoisotopic (exact) mass is 322 g/mol. The minimum absolute atomic E-state index is 0.128. The van der Waals surface area contributed by atoms with Crippen molar-refractivity contribution >= 4 is 21.5 Å². The maximum atomic E-state index is 5.93. The van der Waals surface area contributed by atoms with E-state index in [4.69, 9.17) is 14.2 Å². The molecule has 1 atom stereocenters. The van der Waals surface area contributed by atoms with E-state index in [0.29, 0.717) is 0 Å². The first-order valence-corrected chi connectivity index (χ1v) is 8.32. The molecule has 0 fully saturated rings. The van der Waals surface area contributed by atoms with E-state index in [1.807, 2.05) is 0 Å². The number of ether oxygens (including phenoxy) is 3. The molecule has 1 unspecified atom stereocenters. The zero-order chi connectivity index (χ0) is 16.7. The third-order valence-corrected chi connectivity index (χ3v) is 5.35. The molecule has 0 amide bonds. The predicted octanol–water partition coefficient (Wildman–Crippen LogP) is 4.40. The van der Waals surface area contributed by atoms with Gasteiger partial charge in [-0.2, -0.15) is 0 Å². The van der Waals surface area contributed by atoms with Gasteiger partial charge in [0.1, 0.15) is 6.10 Å². The fourth-order valence-electron chi connectivity index (χ4n) is 4.21. The van der Waals surface area contributed by atoms with Gasteiger partial charge in [0.05, 0.1) is 0 Å². The van der Waals surface area contributed by atoms with Gasteiger partial charge in [0.15, 0.2) is 0 Å². The number of rotatable bonds is 3. The lowest BCUT2D eigenvalue weighted by molar-refractivity contribution is -0.278. The summed E-state index contributed by atoms with van der Waals surface area (Å²) in [7, 11) is 5.12. The highest BCUT2D eigenvalue weighted by molar-refractivity contribution is 6.09. The van der Waals surface area contributed by atoms with E-state index in [0.717, 1.165) is 18.4 Å². The quantitative estimate of drug-likeness (QED) is 0.528. The second-order valence-electron chi connectivity index (χ2n) is 6.32. The first kappa shape index (κ1) is 15.6. The summed E-state index contributed by atoms with van der Waals surface area (Å²) in [5.41, 5.74) is 2.38. The Morgan fingerprint density at radius 2 is 1.58 bits per heavy atom. The first-order valence-electron chi connectivity index (χ1n) is 8.32. The Bertz CT molecular complexity index is 896. The molecule has 24 heavy (non-hydrogen) atoms. The van der Waals surface area contributed by atoms with Crippen LogP contribution in [0.4, 0.5) is 0 Å². The minimum atomic E-state index is -0.871. The van der Waals surface area contributed by atoms with Crippen LogP contribution in [-0.2, 0) is 26.4 Å². The molecule has 0 aliphatic heterocycles. The van der Waals surface area contributed by atoms with Gasteiger partial charge in [0.25, 0.3) is 0 Å². The molecule has 1 aliphatic carbocycles. The fourth-order valence-corrected chi connectivity index (χ4v) is 4.21. The standard InChI is InChI=1S/C21H22O3/c1-22-19-13-10-15-9-11-17-16-7-5-4-6-14(16)8-12-18(17)20(15)21(19,23-2)24-3/h4-9,11-12,19H,10,13H2,1-3H3. The van der Waals surface area contributed by atoms with Crippen molar-refractivity contribution in [1.82, 2.24) is 0 Å². The van der Waals surface area contributed by atoms with Crippen molar-refractivity contribution < 1.29 is 14.2 Å². The fraction of sp³-hybridized carbons (Fsp3) is 0.333. The van der Waals surface area contributed by atoms with Gasteiger partial charge in [-0.3, -0.25) is 0 Å². The lowest BCUT2D eigenvalue weighted by atomic mass is 9.80. The van der Waals surface area contributed by atoms with Crippen molar-refractivity contribution in [3.63, 3.8) is 0 Å². The molecule has 3 aromatic rings. The van der Waals surface area contributed by atoms with Crippen molar-refractivity contribution in [3.8, 4) is 0 Å². The Balaban J connectivity index is 2.11. The van der Waals surface area contributed by atoms with Crippen molar-refractivity contribution in [2.75, 3.05) is 21.3 Å². The summed E-state index contributed by atoms with van der Waals surface area (Å²) < 4.78 is 17.6. The molecule has 3 aromatic carbocycles. The van der Waals surface area contributed by atoms with Crippen molar-refractivity contribution in [2.24, 2.45) is 0 Å². The summed E-state index contributed by atoms with van der Waals surface area (Å²) in [6, 6.07) is 17.3. The molecule has 3 heteroatoms. The van der Waals surface area contributed by atoms with E-state index in [-0.39, 0.29) is 6.10 Å². The van der Waals surface area contributed by atoms with Crippen LogP contribution in [-0.4, -0.2) is 27.4 Å². The Morgan fingerprint density at radius 3 is 2.33 bits per heavy atom. The molecule has 124 valence electrons. The summed E-state index contributed by atoms with van der Waals surface area (Å²) in [5.74, 6) is -0.871. The molecule has 0 spiro atoms. The average Bonchev–Trinajstić information content (AvgIpc) is 2.66. The van der Waals surface area contributed by atoms with Gasteiger partial charge in [-0.15, -0.1) is 0 Å².